The Morgan fingerprint density at radius 1 is 0.303 bits per heavy atom. The van der Waals surface area contributed by atoms with E-state index >= 15 is 0 Å². The lowest BCUT2D eigenvalue weighted by Gasteiger charge is -2.31. The molecular weight excluding hydrogens is 819 g/mol. The standard InChI is InChI=1S/C62H41N3S/c1-4-23-45(24-5-1)63(56-35-16-21-42-19-10-12-29-49(42)56)48-40-55-54-33-18-32-51(44-37-38-53-52-31-14-15-34-58(52)64(59(53)39-44)46-25-6-2-7-26-46)61(54)66-62(55)60(41-48)65(47-27-8-3-9-28-47)57-36-17-22-43-20-11-13-30-50(43)57/h1-41H. The van der Waals surface area contributed by atoms with E-state index in [0.29, 0.717) is 0 Å². The Balaban J connectivity index is 1.12. The third-order valence-electron chi connectivity index (χ3n) is 13.1. The van der Waals surface area contributed by atoms with Crippen LogP contribution in [0.3, 0.4) is 0 Å². The number of rotatable bonds is 8. The molecule has 0 saturated carbocycles. The Labute approximate surface area is 386 Å². The molecule has 0 saturated heterocycles. The van der Waals surface area contributed by atoms with Gasteiger partial charge in [-0.15, -0.1) is 11.3 Å². The van der Waals surface area contributed by atoms with Gasteiger partial charge in [0, 0.05) is 59.8 Å². The summed E-state index contributed by atoms with van der Waals surface area (Å²) in [6, 6.07) is 90.7. The van der Waals surface area contributed by atoms with Gasteiger partial charge in [-0.05, 0) is 94.7 Å². The average Bonchev–Trinajstić information content (AvgIpc) is 3.93. The highest BCUT2D eigenvalue weighted by Gasteiger charge is 2.25. The molecule has 0 atom stereocenters. The molecule has 13 aromatic rings. The zero-order valence-electron chi connectivity index (χ0n) is 35.9. The second-order valence-corrected chi connectivity index (χ2v) is 17.9. The smallest absolute Gasteiger partial charge is 0.0661 e. The molecular formula is C62H41N3S. The first-order valence-electron chi connectivity index (χ1n) is 22.5. The van der Waals surface area contributed by atoms with Gasteiger partial charge in [0.15, 0.2) is 0 Å². The van der Waals surface area contributed by atoms with Gasteiger partial charge in [0.05, 0.1) is 32.8 Å². The minimum absolute atomic E-state index is 1.08. The maximum absolute atomic E-state index is 2.49. The minimum Gasteiger partial charge on any atom is -0.310 e. The summed E-state index contributed by atoms with van der Waals surface area (Å²) in [4.78, 5) is 4.93. The monoisotopic (exact) mass is 859 g/mol. The quantitative estimate of drug-likeness (QED) is 0.151. The predicted molar refractivity (Wildman–Crippen MR) is 283 cm³/mol. The van der Waals surface area contributed by atoms with Crippen LogP contribution in [0.25, 0.3) is 80.3 Å². The van der Waals surface area contributed by atoms with Crippen molar-refractivity contribution in [1.29, 1.82) is 0 Å². The number of hydrogen-bond acceptors (Lipinski definition) is 3. The molecule has 0 amide bonds. The van der Waals surface area contributed by atoms with Gasteiger partial charge in [0.1, 0.15) is 0 Å². The van der Waals surface area contributed by atoms with E-state index < -0.39 is 0 Å². The van der Waals surface area contributed by atoms with Crippen LogP contribution in [0.15, 0.2) is 249 Å². The fourth-order valence-corrected chi connectivity index (χ4v) is 11.5. The SMILES string of the molecule is c1ccc(N(c2cc(N(c3ccccc3)c3cccc4ccccc34)c3sc4c(-c5ccc6c7ccccc7n(-c7ccccc7)c6c5)cccc4c3c2)c2cccc3ccccc23)cc1. The van der Waals surface area contributed by atoms with Crippen LogP contribution in [-0.2, 0) is 0 Å². The first kappa shape index (κ1) is 38.1. The summed E-state index contributed by atoms with van der Waals surface area (Å²) >= 11 is 1.89. The molecule has 13 rings (SSSR count). The van der Waals surface area contributed by atoms with Gasteiger partial charge in [-0.1, -0.05) is 176 Å². The zero-order valence-corrected chi connectivity index (χ0v) is 36.7. The second kappa shape index (κ2) is 15.7. The third kappa shape index (κ3) is 6.18. The zero-order chi connectivity index (χ0) is 43.6. The van der Waals surface area contributed by atoms with E-state index in [1.165, 1.54) is 74.6 Å². The summed E-state index contributed by atoms with van der Waals surface area (Å²) in [6.45, 7) is 0. The van der Waals surface area contributed by atoms with Gasteiger partial charge < -0.3 is 14.4 Å². The van der Waals surface area contributed by atoms with Crippen molar-refractivity contribution in [2.45, 2.75) is 0 Å². The van der Waals surface area contributed by atoms with Crippen molar-refractivity contribution in [2.75, 3.05) is 9.80 Å². The van der Waals surface area contributed by atoms with E-state index in [4.69, 9.17) is 0 Å². The van der Waals surface area contributed by atoms with Crippen molar-refractivity contribution in [3.8, 4) is 16.8 Å². The maximum Gasteiger partial charge on any atom is 0.0661 e. The largest absolute Gasteiger partial charge is 0.310 e. The Morgan fingerprint density at radius 3 is 1.53 bits per heavy atom. The highest BCUT2D eigenvalue weighted by Crippen LogP contribution is 2.52. The molecule has 2 aromatic heterocycles. The van der Waals surface area contributed by atoms with Crippen molar-refractivity contribution in [3.63, 3.8) is 0 Å². The fraction of sp³-hybridized carbons (Fsp3) is 0. The number of aromatic nitrogens is 1. The van der Waals surface area contributed by atoms with E-state index in [2.05, 4.69) is 263 Å². The van der Waals surface area contributed by atoms with E-state index in [0.717, 1.165) is 39.8 Å². The summed E-state index contributed by atoms with van der Waals surface area (Å²) in [5.41, 5.74) is 12.6. The Kier molecular flexibility index (Phi) is 9.03. The third-order valence-corrected chi connectivity index (χ3v) is 14.4. The molecule has 0 bridgehead atoms. The molecule has 11 aromatic carbocycles. The lowest BCUT2D eigenvalue weighted by Crippen LogP contribution is -2.14. The molecule has 310 valence electrons. The van der Waals surface area contributed by atoms with Crippen molar-refractivity contribution in [3.05, 3.63) is 249 Å². The van der Waals surface area contributed by atoms with E-state index in [9.17, 15) is 0 Å². The number of hydrogen-bond donors (Lipinski definition) is 0. The van der Waals surface area contributed by atoms with Crippen LogP contribution in [0, 0.1) is 0 Å². The van der Waals surface area contributed by atoms with Gasteiger partial charge in [-0.3, -0.25) is 0 Å². The van der Waals surface area contributed by atoms with Gasteiger partial charge in [0.25, 0.3) is 0 Å². The lowest BCUT2D eigenvalue weighted by molar-refractivity contribution is 1.18. The molecule has 0 aliphatic carbocycles. The van der Waals surface area contributed by atoms with Crippen LogP contribution in [0.1, 0.15) is 0 Å². The normalized spacial score (nSPS) is 11.6. The number of para-hydroxylation sites is 4. The first-order valence-corrected chi connectivity index (χ1v) is 23.3. The predicted octanol–water partition coefficient (Wildman–Crippen LogP) is 18.1. The van der Waals surface area contributed by atoms with Crippen molar-refractivity contribution >= 4 is 109 Å². The molecule has 0 aliphatic rings. The summed E-state index contributed by atoms with van der Waals surface area (Å²) in [5.74, 6) is 0. The highest BCUT2D eigenvalue weighted by atomic mass is 32.1. The molecule has 3 nitrogen and oxygen atoms in total. The average molecular weight is 860 g/mol. The van der Waals surface area contributed by atoms with Gasteiger partial charge in [-0.25, -0.2) is 0 Å². The van der Waals surface area contributed by atoms with Crippen molar-refractivity contribution in [2.24, 2.45) is 0 Å². The highest BCUT2D eigenvalue weighted by molar-refractivity contribution is 7.27. The van der Waals surface area contributed by atoms with Gasteiger partial charge in [-0.2, -0.15) is 0 Å². The summed E-state index contributed by atoms with van der Waals surface area (Å²) in [7, 11) is 0. The molecule has 4 heteroatoms. The van der Waals surface area contributed by atoms with Crippen LogP contribution in [-0.4, -0.2) is 4.57 Å². The maximum atomic E-state index is 2.49. The molecule has 0 unspecified atom stereocenters. The topological polar surface area (TPSA) is 11.4 Å². The summed E-state index contributed by atoms with van der Waals surface area (Å²) < 4.78 is 4.90. The van der Waals surface area contributed by atoms with Crippen LogP contribution in [0.5, 0.6) is 0 Å². The first-order chi connectivity index (χ1) is 32.8. The van der Waals surface area contributed by atoms with Crippen LogP contribution in [0.4, 0.5) is 34.1 Å². The molecule has 2 heterocycles. The number of anilines is 6. The second-order valence-electron chi connectivity index (χ2n) is 16.9. The van der Waals surface area contributed by atoms with Crippen molar-refractivity contribution < 1.29 is 0 Å². The van der Waals surface area contributed by atoms with E-state index in [-0.39, 0.29) is 0 Å². The van der Waals surface area contributed by atoms with Crippen molar-refractivity contribution in [1.82, 2.24) is 4.57 Å². The summed E-state index contributed by atoms with van der Waals surface area (Å²) in [6.07, 6.45) is 0. The van der Waals surface area contributed by atoms with Crippen LogP contribution in [0.2, 0.25) is 0 Å². The fourth-order valence-electron chi connectivity index (χ4n) is 10.2. The molecule has 0 radical (unpaired) electrons. The van der Waals surface area contributed by atoms with E-state index in [1.807, 2.05) is 11.3 Å². The Hall–Kier alpha value is -8.44. The molecule has 0 aliphatic heterocycles. The van der Waals surface area contributed by atoms with E-state index in [1.54, 1.807) is 0 Å². The molecule has 0 N–H and O–H groups in total. The summed E-state index contributed by atoms with van der Waals surface area (Å²) in [5, 5.41) is 9.74. The Morgan fingerprint density at radius 2 is 0.833 bits per heavy atom. The number of benzene rings is 11. The van der Waals surface area contributed by atoms with Gasteiger partial charge in [0.2, 0.25) is 0 Å². The molecule has 66 heavy (non-hydrogen) atoms. The van der Waals surface area contributed by atoms with Crippen LogP contribution >= 0.6 is 11.3 Å². The molecule has 0 fully saturated rings. The lowest BCUT2D eigenvalue weighted by atomic mass is 10.00. The minimum atomic E-state index is 1.08. The number of thiophene rings is 1. The van der Waals surface area contributed by atoms with Gasteiger partial charge >= 0.3 is 0 Å². The van der Waals surface area contributed by atoms with Crippen LogP contribution < -0.4 is 9.80 Å². The number of nitrogens with zero attached hydrogens (tertiary/aromatic N) is 3. The molecule has 0 spiro atoms. The Bertz CT molecular complexity index is 3940. The number of fused-ring (bicyclic) bond motifs is 8.